The van der Waals surface area contributed by atoms with Gasteiger partial charge in [0.1, 0.15) is 5.65 Å². The average molecular weight is 274 g/mol. The minimum absolute atomic E-state index is 0.0643. The van der Waals surface area contributed by atoms with E-state index in [1.54, 1.807) is 0 Å². The van der Waals surface area contributed by atoms with E-state index in [-0.39, 0.29) is 5.43 Å². The molecule has 2 heterocycles. The van der Waals surface area contributed by atoms with E-state index in [2.05, 4.69) is 0 Å². The molecular formula is C18H14N2O. The maximum atomic E-state index is 12.9. The van der Waals surface area contributed by atoms with Crippen molar-refractivity contribution in [2.75, 3.05) is 0 Å². The summed E-state index contributed by atoms with van der Waals surface area (Å²) >= 11 is 0. The van der Waals surface area contributed by atoms with Gasteiger partial charge < -0.3 is 4.57 Å². The molecule has 0 fully saturated rings. The summed E-state index contributed by atoms with van der Waals surface area (Å²) in [6.07, 6.45) is 0. The third-order valence-corrected chi connectivity index (χ3v) is 4.19. The van der Waals surface area contributed by atoms with E-state index in [0.717, 1.165) is 38.4 Å². The first-order valence-corrected chi connectivity index (χ1v) is 6.95. The molecule has 0 spiro atoms. The van der Waals surface area contributed by atoms with Crippen LogP contribution in [0.1, 0.15) is 5.56 Å². The Morgan fingerprint density at radius 1 is 0.952 bits per heavy atom. The maximum absolute atomic E-state index is 12.9. The lowest BCUT2D eigenvalue weighted by molar-refractivity contribution is 0.981. The molecule has 0 radical (unpaired) electrons. The third kappa shape index (κ3) is 1.54. The quantitative estimate of drug-likeness (QED) is 0.460. The average Bonchev–Trinajstić information content (AvgIpc) is 2.52. The summed E-state index contributed by atoms with van der Waals surface area (Å²) in [4.78, 5) is 17.6. The van der Waals surface area contributed by atoms with E-state index in [0.29, 0.717) is 0 Å². The molecule has 0 amide bonds. The van der Waals surface area contributed by atoms with Crippen LogP contribution < -0.4 is 5.43 Å². The number of pyridine rings is 2. The predicted molar refractivity (Wildman–Crippen MR) is 86.7 cm³/mol. The second-order valence-corrected chi connectivity index (χ2v) is 5.36. The van der Waals surface area contributed by atoms with Gasteiger partial charge in [-0.15, -0.1) is 0 Å². The number of nitrogens with zero attached hydrogens (tertiary/aromatic N) is 2. The van der Waals surface area contributed by atoms with Crippen LogP contribution in [0.2, 0.25) is 0 Å². The van der Waals surface area contributed by atoms with Gasteiger partial charge in [-0.05, 0) is 30.7 Å². The van der Waals surface area contributed by atoms with E-state index < -0.39 is 0 Å². The van der Waals surface area contributed by atoms with Crippen LogP contribution in [0.15, 0.2) is 53.3 Å². The monoisotopic (exact) mass is 274 g/mol. The van der Waals surface area contributed by atoms with Crippen LogP contribution >= 0.6 is 0 Å². The van der Waals surface area contributed by atoms with Crippen molar-refractivity contribution in [2.45, 2.75) is 6.92 Å². The van der Waals surface area contributed by atoms with Crippen molar-refractivity contribution in [1.82, 2.24) is 9.55 Å². The molecule has 0 saturated carbocycles. The minimum Gasteiger partial charge on any atom is -0.328 e. The van der Waals surface area contributed by atoms with Crippen molar-refractivity contribution in [1.29, 1.82) is 0 Å². The zero-order chi connectivity index (χ0) is 14.6. The van der Waals surface area contributed by atoms with Gasteiger partial charge in [0.15, 0.2) is 5.43 Å². The number of hydrogen-bond acceptors (Lipinski definition) is 2. The van der Waals surface area contributed by atoms with Crippen LogP contribution in [0.4, 0.5) is 0 Å². The summed E-state index contributed by atoms with van der Waals surface area (Å²) in [5.41, 5.74) is 3.65. The van der Waals surface area contributed by atoms with Gasteiger partial charge in [0.05, 0.1) is 16.4 Å². The molecule has 4 rings (SSSR count). The number of para-hydroxylation sites is 2. The molecule has 2 aromatic carbocycles. The van der Waals surface area contributed by atoms with E-state index in [4.69, 9.17) is 4.98 Å². The largest absolute Gasteiger partial charge is 0.328 e. The van der Waals surface area contributed by atoms with Gasteiger partial charge in [-0.1, -0.05) is 30.3 Å². The van der Waals surface area contributed by atoms with Crippen LogP contribution in [-0.4, -0.2) is 9.55 Å². The van der Waals surface area contributed by atoms with Crippen molar-refractivity contribution in [3.63, 3.8) is 0 Å². The van der Waals surface area contributed by atoms with Crippen molar-refractivity contribution in [3.05, 3.63) is 64.3 Å². The summed E-state index contributed by atoms with van der Waals surface area (Å²) < 4.78 is 2.01. The zero-order valence-corrected chi connectivity index (χ0v) is 11.9. The Labute approximate surface area is 121 Å². The lowest BCUT2D eigenvalue weighted by Crippen LogP contribution is -2.12. The maximum Gasteiger partial charge on any atom is 0.199 e. The molecule has 0 bridgehead atoms. The van der Waals surface area contributed by atoms with E-state index in [9.17, 15) is 4.79 Å². The van der Waals surface area contributed by atoms with Crippen LogP contribution in [0.25, 0.3) is 32.8 Å². The highest BCUT2D eigenvalue weighted by Gasteiger charge is 2.13. The van der Waals surface area contributed by atoms with Crippen molar-refractivity contribution < 1.29 is 0 Å². The van der Waals surface area contributed by atoms with E-state index in [1.807, 2.05) is 67.1 Å². The summed E-state index contributed by atoms with van der Waals surface area (Å²) in [6, 6.07) is 15.6. The van der Waals surface area contributed by atoms with Gasteiger partial charge in [-0.2, -0.15) is 0 Å². The van der Waals surface area contributed by atoms with Crippen LogP contribution in [0.3, 0.4) is 0 Å². The molecular weight excluding hydrogens is 260 g/mol. The molecule has 3 heteroatoms. The van der Waals surface area contributed by atoms with Gasteiger partial charge in [-0.3, -0.25) is 4.79 Å². The highest BCUT2D eigenvalue weighted by Crippen LogP contribution is 2.25. The number of rotatable bonds is 0. The lowest BCUT2D eigenvalue weighted by atomic mass is 10.0. The van der Waals surface area contributed by atoms with E-state index in [1.165, 1.54) is 0 Å². The van der Waals surface area contributed by atoms with Crippen molar-refractivity contribution in [2.24, 2.45) is 7.05 Å². The Morgan fingerprint density at radius 2 is 1.62 bits per heavy atom. The second kappa shape index (κ2) is 4.16. The Balaban J connectivity index is 2.40. The topological polar surface area (TPSA) is 34.9 Å². The number of hydrogen-bond donors (Lipinski definition) is 0. The fraction of sp³-hybridized carbons (Fsp3) is 0.111. The first kappa shape index (κ1) is 12.1. The molecule has 0 atom stereocenters. The second-order valence-electron chi connectivity index (χ2n) is 5.36. The number of aryl methyl sites for hydroxylation is 2. The molecule has 0 aliphatic rings. The smallest absolute Gasteiger partial charge is 0.199 e. The molecule has 0 N–H and O–H groups in total. The molecule has 0 unspecified atom stereocenters. The summed E-state index contributed by atoms with van der Waals surface area (Å²) in [7, 11) is 1.96. The number of fused-ring (bicyclic) bond motifs is 3. The molecule has 21 heavy (non-hydrogen) atoms. The highest BCUT2D eigenvalue weighted by molar-refractivity contribution is 6.00. The fourth-order valence-electron chi connectivity index (χ4n) is 3.08. The number of benzene rings is 2. The first-order chi connectivity index (χ1) is 10.2. The predicted octanol–water partition coefficient (Wildman–Crippen LogP) is 3.55. The Morgan fingerprint density at radius 3 is 2.43 bits per heavy atom. The first-order valence-electron chi connectivity index (χ1n) is 6.95. The van der Waals surface area contributed by atoms with Gasteiger partial charge in [0.2, 0.25) is 0 Å². The Bertz CT molecular complexity index is 1080. The summed E-state index contributed by atoms with van der Waals surface area (Å²) in [6.45, 7) is 2.00. The summed E-state index contributed by atoms with van der Waals surface area (Å²) in [5.74, 6) is 0. The molecule has 0 aliphatic heterocycles. The standard InChI is InChI=1S/C18H14N2O/c1-11-12-7-3-5-9-14(12)19-18-16(11)17(21)13-8-4-6-10-15(13)20(18)2/h3-10H,1-2H3. The van der Waals surface area contributed by atoms with Crippen LogP contribution in [-0.2, 0) is 7.05 Å². The highest BCUT2D eigenvalue weighted by atomic mass is 16.1. The number of aromatic nitrogens is 2. The van der Waals surface area contributed by atoms with Crippen molar-refractivity contribution >= 4 is 32.8 Å². The SMILES string of the molecule is Cc1c2ccccc2nc2c1c(=O)c1ccccc1n2C. The molecule has 2 aromatic heterocycles. The minimum atomic E-state index is 0.0643. The fourth-order valence-corrected chi connectivity index (χ4v) is 3.08. The van der Waals surface area contributed by atoms with Gasteiger partial charge in [0, 0.05) is 17.8 Å². The zero-order valence-electron chi connectivity index (χ0n) is 11.9. The molecule has 4 aromatic rings. The molecule has 0 aliphatic carbocycles. The van der Waals surface area contributed by atoms with Gasteiger partial charge in [0.25, 0.3) is 0 Å². The van der Waals surface area contributed by atoms with Gasteiger partial charge in [-0.25, -0.2) is 4.98 Å². The molecule has 0 saturated heterocycles. The third-order valence-electron chi connectivity index (χ3n) is 4.19. The Hall–Kier alpha value is -2.68. The Kier molecular flexibility index (Phi) is 2.39. The molecule has 3 nitrogen and oxygen atoms in total. The lowest BCUT2D eigenvalue weighted by Gasteiger charge is -2.12. The van der Waals surface area contributed by atoms with E-state index >= 15 is 0 Å². The summed E-state index contributed by atoms with van der Waals surface area (Å²) in [5, 5.41) is 2.50. The normalized spacial score (nSPS) is 11.5. The molecule has 102 valence electrons. The van der Waals surface area contributed by atoms with Crippen LogP contribution in [0.5, 0.6) is 0 Å². The van der Waals surface area contributed by atoms with Gasteiger partial charge >= 0.3 is 0 Å². The van der Waals surface area contributed by atoms with Crippen LogP contribution in [0, 0.1) is 6.92 Å². The van der Waals surface area contributed by atoms with Crippen molar-refractivity contribution in [3.8, 4) is 0 Å².